The Kier molecular flexibility index (Phi) is 3.59. The Bertz CT molecular complexity index is 411. The van der Waals surface area contributed by atoms with Crippen molar-refractivity contribution in [3.8, 4) is 0 Å². The summed E-state index contributed by atoms with van der Waals surface area (Å²) in [6.07, 6.45) is 4.07. The predicted octanol–water partition coefficient (Wildman–Crippen LogP) is 2.52. The number of hydrogen-bond donors (Lipinski definition) is 0. The first kappa shape index (κ1) is 11.2. The van der Waals surface area contributed by atoms with E-state index in [9.17, 15) is 4.79 Å². The van der Waals surface area contributed by atoms with Crippen LogP contribution in [0.15, 0.2) is 30.3 Å². The quantitative estimate of drug-likeness (QED) is 0.740. The monoisotopic (exact) mass is 237 g/mol. The van der Waals surface area contributed by atoms with Crippen LogP contribution in [-0.4, -0.2) is 24.1 Å². The van der Waals surface area contributed by atoms with Crippen LogP contribution in [0, 0.1) is 0 Å². The Balaban J connectivity index is 2.03. The third-order valence-corrected chi connectivity index (χ3v) is 2.65. The summed E-state index contributed by atoms with van der Waals surface area (Å²) in [6.45, 7) is 1.28. The van der Waals surface area contributed by atoms with Crippen LogP contribution in [-0.2, 0) is 9.63 Å². The van der Waals surface area contributed by atoms with Gasteiger partial charge in [-0.1, -0.05) is 29.8 Å². The van der Waals surface area contributed by atoms with Gasteiger partial charge >= 0.3 is 0 Å². The predicted molar refractivity (Wildman–Crippen MR) is 62.8 cm³/mol. The molecule has 16 heavy (non-hydrogen) atoms. The van der Waals surface area contributed by atoms with E-state index in [1.807, 2.05) is 18.2 Å². The highest BCUT2D eigenvalue weighted by Gasteiger charge is 2.16. The van der Waals surface area contributed by atoms with Gasteiger partial charge in [-0.25, -0.2) is 5.06 Å². The summed E-state index contributed by atoms with van der Waals surface area (Å²) >= 11 is 5.96. The third-order valence-electron chi connectivity index (χ3n) is 2.31. The molecule has 0 spiro atoms. The topological polar surface area (TPSA) is 29.5 Å². The molecule has 1 aliphatic heterocycles. The van der Waals surface area contributed by atoms with Gasteiger partial charge in [0, 0.05) is 11.1 Å². The zero-order valence-electron chi connectivity index (χ0n) is 8.73. The van der Waals surface area contributed by atoms with Gasteiger partial charge in [0.25, 0.3) is 5.91 Å². The maximum Gasteiger partial charge on any atom is 0.270 e. The van der Waals surface area contributed by atoms with E-state index < -0.39 is 0 Å². The highest BCUT2D eigenvalue weighted by Crippen LogP contribution is 2.16. The fourth-order valence-corrected chi connectivity index (χ4v) is 1.67. The maximum absolute atomic E-state index is 11.6. The largest absolute Gasteiger partial charge is 0.271 e. The Morgan fingerprint density at radius 1 is 1.44 bits per heavy atom. The molecule has 1 amide bonds. The molecule has 1 aromatic rings. The standard InChI is InChI=1S/C12H12ClNO2/c13-11-5-2-1-4-10(11)6-7-12(15)14-8-3-9-16-14/h1-2,4-7H,3,8-9H2/b7-6+. The van der Waals surface area contributed by atoms with Gasteiger partial charge in [-0.3, -0.25) is 9.63 Å². The summed E-state index contributed by atoms with van der Waals surface area (Å²) in [5, 5.41) is 2.00. The lowest BCUT2D eigenvalue weighted by atomic mass is 10.2. The van der Waals surface area contributed by atoms with Gasteiger partial charge in [-0.05, 0) is 24.1 Å². The number of hydrogen-bond acceptors (Lipinski definition) is 2. The van der Waals surface area contributed by atoms with Crippen molar-refractivity contribution in [2.75, 3.05) is 13.2 Å². The lowest BCUT2D eigenvalue weighted by Crippen LogP contribution is -2.24. The van der Waals surface area contributed by atoms with Crippen molar-refractivity contribution in [3.05, 3.63) is 40.9 Å². The van der Waals surface area contributed by atoms with Gasteiger partial charge in [-0.2, -0.15) is 0 Å². The number of benzene rings is 1. The molecule has 0 aliphatic carbocycles. The number of halogens is 1. The number of carbonyl (C=O) groups excluding carboxylic acids is 1. The summed E-state index contributed by atoms with van der Waals surface area (Å²) < 4.78 is 0. The Morgan fingerprint density at radius 2 is 2.25 bits per heavy atom. The van der Waals surface area contributed by atoms with Crippen molar-refractivity contribution in [2.24, 2.45) is 0 Å². The van der Waals surface area contributed by atoms with Crippen molar-refractivity contribution >= 4 is 23.6 Å². The van der Waals surface area contributed by atoms with Crippen molar-refractivity contribution in [1.29, 1.82) is 0 Å². The maximum atomic E-state index is 11.6. The van der Waals surface area contributed by atoms with Crippen molar-refractivity contribution in [3.63, 3.8) is 0 Å². The first-order valence-electron chi connectivity index (χ1n) is 5.14. The van der Waals surface area contributed by atoms with Gasteiger partial charge in [-0.15, -0.1) is 0 Å². The molecule has 4 heteroatoms. The Hall–Kier alpha value is -1.32. The second-order valence-electron chi connectivity index (χ2n) is 3.48. The average Bonchev–Trinajstić information content (AvgIpc) is 2.81. The molecular formula is C12H12ClNO2. The SMILES string of the molecule is O=C(/C=C/c1ccccc1Cl)N1CCCO1. The lowest BCUT2D eigenvalue weighted by Gasteiger charge is -2.10. The minimum absolute atomic E-state index is 0.141. The minimum atomic E-state index is -0.141. The van der Waals surface area contributed by atoms with Crippen LogP contribution in [0.5, 0.6) is 0 Å². The molecule has 2 rings (SSSR count). The fraction of sp³-hybridized carbons (Fsp3) is 0.250. The first-order chi connectivity index (χ1) is 7.77. The van der Waals surface area contributed by atoms with Crippen LogP contribution in [0.4, 0.5) is 0 Å². The molecular weight excluding hydrogens is 226 g/mol. The molecule has 0 unspecified atom stereocenters. The Morgan fingerprint density at radius 3 is 2.94 bits per heavy atom. The van der Waals surface area contributed by atoms with E-state index in [0.29, 0.717) is 18.2 Å². The van der Waals surface area contributed by atoms with Crippen molar-refractivity contribution in [2.45, 2.75) is 6.42 Å². The van der Waals surface area contributed by atoms with E-state index in [1.165, 1.54) is 11.1 Å². The summed E-state index contributed by atoms with van der Waals surface area (Å²) in [7, 11) is 0. The smallest absolute Gasteiger partial charge is 0.270 e. The lowest BCUT2D eigenvalue weighted by molar-refractivity contribution is -0.162. The van der Waals surface area contributed by atoms with Crippen LogP contribution >= 0.6 is 11.6 Å². The zero-order valence-corrected chi connectivity index (χ0v) is 9.48. The number of nitrogens with zero attached hydrogens (tertiary/aromatic N) is 1. The van der Waals surface area contributed by atoms with Crippen LogP contribution in [0.2, 0.25) is 5.02 Å². The summed E-state index contributed by atoms with van der Waals surface area (Å²) in [5.41, 5.74) is 0.830. The average molecular weight is 238 g/mol. The minimum Gasteiger partial charge on any atom is -0.271 e. The molecule has 1 saturated heterocycles. The zero-order chi connectivity index (χ0) is 11.4. The highest BCUT2D eigenvalue weighted by atomic mass is 35.5. The molecule has 1 fully saturated rings. The number of carbonyl (C=O) groups is 1. The number of hydroxylamine groups is 2. The summed E-state index contributed by atoms with van der Waals surface area (Å²) in [6, 6.07) is 7.38. The van der Waals surface area contributed by atoms with E-state index in [2.05, 4.69) is 0 Å². The number of amides is 1. The van der Waals surface area contributed by atoms with Crippen LogP contribution in [0.25, 0.3) is 6.08 Å². The molecule has 1 heterocycles. The van der Waals surface area contributed by atoms with Gasteiger partial charge < -0.3 is 0 Å². The molecule has 84 valence electrons. The molecule has 0 saturated carbocycles. The molecule has 3 nitrogen and oxygen atoms in total. The van der Waals surface area contributed by atoms with E-state index in [4.69, 9.17) is 16.4 Å². The van der Waals surface area contributed by atoms with Gasteiger partial charge in [0.05, 0.1) is 13.2 Å². The van der Waals surface area contributed by atoms with E-state index in [1.54, 1.807) is 12.1 Å². The molecule has 0 radical (unpaired) electrons. The highest BCUT2D eigenvalue weighted by molar-refractivity contribution is 6.32. The third kappa shape index (κ3) is 2.62. The van der Waals surface area contributed by atoms with E-state index in [0.717, 1.165) is 12.0 Å². The molecule has 0 atom stereocenters. The first-order valence-corrected chi connectivity index (χ1v) is 5.52. The molecule has 1 aromatic carbocycles. The Labute approximate surface area is 99.2 Å². The van der Waals surface area contributed by atoms with E-state index in [-0.39, 0.29) is 5.91 Å². The molecule has 0 bridgehead atoms. The summed E-state index contributed by atoms with van der Waals surface area (Å²) in [5.74, 6) is -0.141. The van der Waals surface area contributed by atoms with Gasteiger partial charge in [0.1, 0.15) is 0 Å². The van der Waals surface area contributed by atoms with Gasteiger partial charge in [0.15, 0.2) is 0 Å². The molecule has 1 aliphatic rings. The summed E-state index contributed by atoms with van der Waals surface area (Å²) in [4.78, 5) is 16.7. The molecule has 0 N–H and O–H groups in total. The van der Waals surface area contributed by atoms with Crippen molar-refractivity contribution in [1.82, 2.24) is 5.06 Å². The number of rotatable bonds is 2. The second kappa shape index (κ2) is 5.14. The van der Waals surface area contributed by atoms with Gasteiger partial charge in [0.2, 0.25) is 0 Å². The van der Waals surface area contributed by atoms with E-state index >= 15 is 0 Å². The molecule has 0 aromatic heterocycles. The van der Waals surface area contributed by atoms with Crippen LogP contribution in [0.3, 0.4) is 0 Å². The normalized spacial score (nSPS) is 15.9. The van der Waals surface area contributed by atoms with Crippen LogP contribution < -0.4 is 0 Å². The fourth-order valence-electron chi connectivity index (χ4n) is 1.48. The van der Waals surface area contributed by atoms with Crippen LogP contribution in [0.1, 0.15) is 12.0 Å². The van der Waals surface area contributed by atoms with Crippen molar-refractivity contribution < 1.29 is 9.63 Å². The second-order valence-corrected chi connectivity index (χ2v) is 3.89.